The lowest BCUT2D eigenvalue weighted by molar-refractivity contribution is -0.158. The fraction of sp³-hybridized carbons (Fsp3) is 0.875. The average molecular weight is 313 g/mol. The predicted molar refractivity (Wildman–Crippen MR) is 80.3 cm³/mol. The highest BCUT2D eigenvalue weighted by atomic mass is 16.5. The van der Waals surface area contributed by atoms with Gasteiger partial charge < -0.3 is 19.1 Å². The molecule has 1 amide bonds. The third-order valence-corrected chi connectivity index (χ3v) is 4.25. The van der Waals surface area contributed by atoms with Crippen LogP contribution in [0.4, 0.5) is 0 Å². The molecule has 1 atom stereocenters. The summed E-state index contributed by atoms with van der Waals surface area (Å²) in [6.07, 6.45) is 4.23. The lowest BCUT2D eigenvalue weighted by Gasteiger charge is -2.32. The van der Waals surface area contributed by atoms with Gasteiger partial charge in [-0.2, -0.15) is 0 Å². The summed E-state index contributed by atoms with van der Waals surface area (Å²) in [5, 5.41) is 0. The van der Waals surface area contributed by atoms with Crippen LogP contribution in [0.3, 0.4) is 0 Å². The van der Waals surface area contributed by atoms with Gasteiger partial charge in [0.15, 0.2) is 6.04 Å². The summed E-state index contributed by atoms with van der Waals surface area (Å²) in [4.78, 5) is 26.6. The van der Waals surface area contributed by atoms with Gasteiger partial charge in [0.1, 0.15) is 0 Å². The smallest absolute Gasteiger partial charge is 0.331 e. The second kappa shape index (κ2) is 8.48. The summed E-state index contributed by atoms with van der Waals surface area (Å²) >= 11 is 0. The summed E-state index contributed by atoms with van der Waals surface area (Å²) in [5.41, 5.74) is 0. The Morgan fingerprint density at radius 1 is 1.23 bits per heavy atom. The quantitative estimate of drug-likeness (QED) is 0.633. The second-order valence-electron chi connectivity index (χ2n) is 6.02. The summed E-state index contributed by atoms with van der Waals surface area (Å²) < 4.78 is 15.6. The van der Waals surface area contributed by atoms with Gasteiger partial charge in [-0.1, -0.05) is 0 Å². The molecule has 2 aliphatic rings. The minimum atomic E-state index is -0.621. The molecule has 0 aromatic heterocycles. The van der Waals surface area contributed by atoms with Gasteiger partial charge in [0.25, 0.3) is 0 Å². The van der Waals surface area contributed by atoms with Gasteiger partial charge in [-0.15, -0.1) is 0 Å². The largest absolute Gasteiger partial charge is 0.464 e. The molecule has 6 nitrogen and oxygen atoms in total. The van der Waals surface area contributed by atoms with Crippen LogP contribution in [0.15, 0.2) is 0 Å². The van der Waals surface area contributed by atoms with Gasteiger partial charge in [-0.25, -0.2) is 4.79 Å². The first-order valence-corrected chi connectivity index (χ1v) is 8.21. The Kier molecular flexibility index (Phi) is 6.64. The van der Waals surface area contributed by atoms with Gasteiger partial charge in [-0.3, -0.25) is 4.79 Å². The molecule has 1 saturated carbocycles. The summed E-state index contributed by atoms with van der Waals surface area (Å²) in [7, 11) is 1.54. The molecule has 0 aromatic carbocycles. The van der Waals surface area contributed by atoms with Crippen molar-refractivity contribution in [2.24, 2.45) is 5.92 Å². The zero-order chi connectivity index (χ0) is 15.9. The number of carbonyl (C=O) groups excluding carboxylic acids is 2. The van der Waals surface area contributed by atoms with Gasteiger partial charge in [0.2, 0.25) is 5.91 Å². The normalized spacial score (nSPS) is 20.5. The third-order valence-electron chi connectivity index (χ3n) is 4.25. The van der Waals surface area contributed by atoms with Gasteiger partial charge in [0.05, 0.1) is 13.2 Å². The van der Waals surface area contributed by atoms with E-state index in [-0.39, 0.29) is 24.5 Å². The molecule has 0 unspecified atom stereocenters. The van der Waals surface area contributed by atoms with Crippen LogP contribution in [0, 0.1) is 5.92 Å². The van der Waals surface area contributed by atoms with E-state index in [1.54, 1.807) is 18.9 Å². The number of ether oxygens (including phenoxy) is 3. The highest BCUT2D eigenvalue weighted by Crippen LogP contribution is 2.31. The molecule has 1 saturated heterocycles. The first-order valence-electron chi connectivity index (χ1n) is 8.21. The SMILES string of the molecule is CCOC(=O)[C@@H](COC)N(C(=O)CC1CCOCC1)C1CC1. The summed E-state index contributed by atoms with van der Waals surface area (Å²) in [6, 6.07) is -0.457. The zero-order valence-corrected chi connectivity index (χ0v) is 13.6. The monoisotopic (exact) mass is 313 g/mol. The molecular weight excluding hydrogens is 286 g/mol. The maximum absolute atomic E-state index is 12.7. The van der Waals surface area contributed by atoms with Gasteiger partial charge in [0, 0.05) is 32.8 Å². The fourth-order valence-electron chi connectivity index (χ4n) is 2.95. The lowest BCUT2D eigenvalue weighted by Crippen LogP contribution is -2.50. The van der Waals surface area contributed by atoms with Crippen molar-refractivity contribution in [1.82, 2.24) is 4.90 Å². The summed E-state index contributed by atoms with van der Waals surface area (Å²) in [5.74, 6) is 0.0361. The molecule has 0 spiro atoms. The van der Waals surface area contributed by atoms with Crippen LogP contribution in [0.25, 0.3) is 0 Å². The minimum Gasteiger partial charge on any atom is -0.464 e. The van der Waals surface area contributed by atoms with Crippen molar-refractivity contribution >= 4 is 11.9 Å². The molecule has 2 fully saturated rings. The Bertz CT molecular complexity index is 377. The number of rotatable bonds is 8. The van der Waals surface area contributed by atoms with E-state index < -0.39 is 6.04 Å². The average Bonchev–Trinajstić information content (AvgIpc) is 3.33. The molecule has 6 heteroatoms. The number of amides is 1. The Hall–Kier alpha value is -1.14. The Balaban J connectivity index is 2.02. The lowest BCUT2D eigenvalue weighted by atomic mass is 9.95. The first kappa shape index (κ1) is 17.2. The molecule has 22 heavy (non-hydrogen) atoms. The van der Waals surface area contributed by atoms with E-state index in [0.717, 1.165) is 38.9 Å². The second-order valence-corrected chi connectivity index (χ2v) is 6.02. The Morgan fingerprint density at radius 2 is 1.91 bits per heavy atom. The van der Waals surface area contributed by atoms with Gasteiger partial charge >= 0.3 is 5.97 Å². The van der Waals surface area contributed by atoms with Crippen LogP contribution < -0.4 is 0 Å². The maximum Gasteiger partial charge on any atom is 0.331 e. The van der Waals surface area contributed by atoms with Crippen LogP contribution in [0.1, 0.15) is 39.0 Å². The molecule has 1 aliphatic carbocycles. The highest BCUT2D eigenvalue weighted by Gasteiger charge is 2.41. The van der Waals surface area contributed by atoms with E-state index in [2.05, 4.69) is 0 Å². The van der Waals surface area contributed by atoms with Crippen molar-refractivity contribution < 1.29 is 23.8 Å². The number of methoxy groups -OCH3 is 1. The maximum atomic E-state index is 12.7. The molecule has 2 rings (SSSR count). The van der Waals surface area contributed by atoms with Crippen molar-refractivity contribution in [3.05, 3.63) is 0 Å². The van der Waals surface area contributed by atoms with E-state index in [1.165, 1.54) is 0 Å². The van der Waals surface area contributed by atoms with E-state index >= 15 is 0 Å². The van der Waals surface area contributed by atoms with E-state index in [1.807, 2.05) is 0 Å². The number of esters is 1. The zero-order valence-electron chi connectivity index (χ0n) is 13.6. The molecule has 0 radical (unpaired) electrons. The van der Waals surface area contributed by atoms with Crippen molar-refractivity contribution in [2.45, 2.75) is 51.1 Å². The molecule has 0 bridgehead atoms. The number of hydrogen-bond acceptors (Lipinski definition) is 5. The van der Waals surface area contributed by atoms with Crippen molar-refractivity contribution in [3.63, 3.8) is 0 Å². The standard InChI is InChI=1S/C16H27NO5/c1-3-22-16(19)14(11-20-2)17(13-4-5-13)15(18)10-12-6-8-21-9-7-12/h12-14H,3-11H2,1-2H3/t14-/m1/s1. The van der Waals surface area contributed by atoms with E-state index in [0.29, 0.717) is 18.9 Å². The van der Waals surface area contributed by atoms with Crippen molar-refractivity contribution in [2.75, 3.05) is 33.5 Å². The predicted octanol–water partition coefficient (Wildman–Crippen LogP) is 1.37. The van der Waals surface area contributed by atoms with Crippen LogP contribution in [0.2, 0.25) is 0 Å². The molecule has 0 N–H and O–H groups in total. The van der Waals surface area contributed by atoms with Crippen LogP contribution in [-0.4, -0.2) is 62.4 Å². The molecule has 1 heterocycles. The number of carbonyl (C=O) groups is 2. The highest BCUT2D eigenvalue weighted by molar-refractivity contribution is 5.85. The molecule has 126 valence electrons. The molecule has 0 aromatic rings. The fourth-order valence-corrected chi connectivity index (χ4v) is 2.95. The van der Waals surface area contributed by atoms with Crippen molar-refractivity contribution in [1.29, 1.82) is 0 Å². The molecule has 1 aliphatic heterocycles. The van der Waals surface area contributed by atoms with Crippen LogP contribution in [-0.2, 0) is 23.8 Å². The van der Waals surface area contributed by atoms with Gasteiger partial charge in [-0.05, 0) is 38.5 Å². The van der Waals surface area contributed by atoms with Crippen LogP contribution >= 0.6 is 0 Å². The number of hydrogen-bond donors (Lipinski definition) is 0. The Morgan fingerprint density at radius 3 is 2.45 bits per heavy atom. The van der Waals surface area contributed by atoms with Crippen LogP contribution in [0.5, 0.6) is 0 Å². The summed E-state index contributed by atoms with van der Waals surface area (Å²) in [6.45, 7) is 3.72. The van der Waals surface area contributed by atoms with Crippen molar-refractivity contribution in [3.8, 4) is 0 Å². The van der Waals surface area contributed by atoms with E-state index in [9.17, 15) is 9.59 Å². The third kappa shape index (κ3) is 4.68. The Labute approximate surface area is 132 Å². The van der Waals surface area contributed by atoms with E-state index in [4.69, 9.17) is 14.2 Å². The number of nitrogens with zero attached hydrogens (tertiary/aromatic N) is 1. The topological polar surface area (TPSA) is 65.1 Å². The first-order chi connectivity index (χ1) is 10.7. The minimum absolute atomic E-state index is 0.0458. The molecular formula is C16H27NO5.